The topological polar surface area (TPSA) is 43.7 Å². The van der Waals surface area contributed by atoms with Gasteiger partial charge in [-0.05, 0) is 25.3 Å². The van der Waals surface area contributed by atoms with Gasteiger partial charge in [-0.25, -0.2) is 0 Å². The van der Waals surface area contributed by atoms with Gasteiger partial charge in [0.1, 0.15) is 0 Å². The third kappa shape index (κ3) is 2.56. The van der Waals surface area contributed by atoms with Crippen LogP contribution in [0.25, 0.3) is 0 Å². The molecule has 1 fully saturated rings. The van der Waals surface area contributed by atoms with Crippen molar-refractivity contribution in [1.82, 2.24) is 4.90 Å². The largest absolute Gasteiger partial charge is 0.364 e. The lowest BCUT2D eigenvalue weighted by Gasteiger charge is -2.38. The first-order valence-corrected chi connectivity index (χ1v) is 6.11. The van der Waals surface area contributed by atoms with Crippen molar-refractivity contribution in [3.8, 4) is 0 Å². The number of nitrogens with zero attached hydrogens (tertiary/aromatic N) is 1. The minimum Gasteiger partial charge on any atom is -0.364 e. The van der Waals surface area contributed by atoms with Gasteiger partial charge in [0.15, 0.2) is 0 Å². The number of hydrogen-bond donors (Lipinski definition) is 2. The van der Waals surface area contributed by atoms with Crippen molar-refractivity contribution >= 4 is 11.8 Å². The number of hydrogen-bond acceptors (Lipinski definition) is 4. The van der Waals surface area contributed by atoms with Gasteiger partial charge in [0.2, 0.25) is 5.12 Å². The summed E-state index contributed by atoms with van der Waals surface area (Å²) in [4.78, 5) is 2.05. The fourth-order valence-corrected chi connectivity index (χ4v) is 2.83. The highest BCUT2D eigenvalue weighted by atomic mass is 32.2. The zero-order valence-corrected chi connectivity index (χ0v) is 9.63. The Bertz CT molecular complexity index is 310. The van der Waals surface area contributed by atoms with E-state index >= 15 is 0 Å². The molecule has 0 atom stereocenters. The molecule has 15 heavy (non-hydrogen) atoms. The van der Waals surface area contributed by atoms with E-state index in [2.05, 4.69) is 30.4 Å². The molecule has 1 aliphatic heterocycles. The molecular weight excluding hydrogens is 210 g/mol. The van der Waals surface area contributed by atoms with Gasteiger partial charge in [0.25, 0.3) is 0 Å². The molecule has 0 unspecified atom stereocenters. The van der Waals surface area contributed by atoms with Gasteiger partial charge in [-0.15, -0.1) is 0 Å². The molecule has 2 rings (SSSR count). The van der Waals surface area contributed by atoms with Crippen molar-refractivity contribution in [2.24, 2.45) is 0 Å². The van der Waals surface area contributed by atoms with Gasteiger partial charge in [-0.2, -0.15) is 0 Å². The van der Waals surface area contributed by atoms with Crippen molar-refractivity contribution in [2.75, 3.05) is 18.8 Å². The van der Waals surface area contributed by atoms with E-state index in [1.54, 1.807) is 0 Å². The van der Waals surface area contributed by atoms with Crippen LogP contribution in [0, 0.1) is 6.42 Å². The molecule has 0 amide bonds. The number of allylic oxidation sites excluding steroid dienone is 3. The molecule has 0 bridgehead atoms. The summed E-state index contributed by atoms with van der Waals surface area (Å²) >= 11 is 1.20. The molecule has 0 saturated carbocycles. The van der Waals surface area contributed by atoms with Gasteiger partial charge in [0, 0.05) is 18.0 Å². The molecule has 1 heterocycles. The predicted octanol–water partition coefficient (Wildman–Crippen LogP) is 1.11. The summed E-state index contributed by atoms with van der Waals surface area (Å²) in [6.45, 7) is 3.22. The molecule has 3 nitrogen and oxygen atoms in total. The first-order valence-electron chi connectivity index (χ1n) is 5.13. The average Bonchev–Trinajstić information content (AvgIpc) is 2.17. The van der Waals surface area contributed by atoms with Crippen LogP contribution in [-0.2, 0) is 0 Å². The Kier molecular flexibility index (Phi) is 3.09. The second-order valence-corrected chi connectivity index (χ2v) is 5.27. The van der Waals surface area contributed by atoms with Crippen LogP contribution >= 0.6 is 11.8 Å². The molecule has 1 saturated heterocycles. The van der Waals surface area contributed by atoms with E-state index in [-0.39, 0.29) is 6.54 Å². The maximum absolute atomic E-state index is 9.58. The molecule has 0 aromatic rings. The van der Waals surface area contributed by atoms with Crippen LogP contribution in [0.4, 0.5) is 0 Å². The summed E-state index contributed by atoms with van der Waals surface area (Å²) < 4.78 is 0. The van der Waals surface area contributed by atoms with Crippen LogP contribution in [0.5, 0.6) is 0 Å². The average molecular weight is 226 g/mol. The van der Waals surface area contributed by atoms with Crippen LogP contribution < -0.4 is 0 Å². The van der Waals surface area contributed by atoms with Crippen molar-refractivity contribution in [3.63, 3.8) is 0 Å². The van der Waals surface area contributed by atoms with Crippen LogP contribution in [0.3, 0.4) is 0 Å². The van der Waals surface area contributed by atoms with E-state index in [4.69, 9.17) is 0 Å². The number of β-amino-alcohol motifs (C(OH)–C–C–N with tert-alkyl or cyclic N) is 2. The molecule has 0 spiro atoms. The van der Waals surface area contributed by atoms with Gasteiger partial charge in [-0.3, -0.25) is 0 Å². The number of aliphatic hydroxyl groups is 2. The van der Waals surface area contributed by atoms with E-state index in [9.17, 15) is 10.2 Å². The summed E-state index contributed by atoms with van der Waals surface area (Å²) in [5.74, 6) is 0.751. The first-order chi connectivity index (χ1) is 7.08. The van der Waals surface area contributed by atoms with Crippen molar-refractivity contribution in [3.05, 3.63) is 29.8 Å². The fourth-order valence-electron chi connectivity index (χ4n) is 1.95. The van der Waals surface area contributed by atoms with E-state index < -0.39 is 5.12 Å². The van der Waals surface area contributed by atoms with Crippen molar-refractivity contribution < 1.29 is 10.2 Å². The number of rotatable bonds is 1. The Morgan fingerprint density at radius 1 is 1.47 bits per heavy atom. The SMILES string of the molecule is CC1=C[CH]CC=C1N1CCSC(O)(O)C1. The Morgan fingerprint density at radius 3 is 2.93 bits per heavy atom. The monoisotopic (exact) mass is 226 g/mol. The summed E-state index contributed by atoms with van der Waals surface area (Å²) in [6.07, 6.45) is 7.28. The Labute approximate surface area is 94.5 Å². The van der Waals surface area contributed by atoms with Crippen LogP contribution in [-0.4, -0.2) is 39.1 Å². The normalized spacial score (nSPS) is 25.9. The molecule has 83 valence electrons. The third-order valence-corrected chi connectivity index (χ3v) is 3.63. The zero-order valence-electron chi connectivity index (χ0n) is 8.81. The minimum absolute atomic E-state index is 0.286. The second-order valence-electron chi connectivity index (χ2n) is 3.92. The second kappa shape index (κ2) is 4.20. The molecule has 4 heteroatoms. The quantitative estimate of drug-likeness (QED) is 0.657. The van der Waals surface area contributed by atoms with Gasteiger partial charge >= 0.3 is 0 Å². The molecule has 1 radical (unpaired) electrons. The lowest BCUT2D eigenvalue weighted by atomic mass is 10.0. The summed E-state index contributed by atoms with van der Waals surface area (Å²) in [6, 6.07) is 0. The summed E-state index contributed by atoms with van der Waals surface area (Å²) in [5.41, 5.74) is 2.34. The lowest BCUT2D eigenvalue weighted by Crippen LogP contribution is -2.46. The van der Waals surface area contributed by atoms with Gasteiger partial charge in [0.05, 0.1) is 6.54 Å². The lowest BCUT2D eigenvalue weighted by molar-refractivity contribution is -0.0934. The maximum atomic E-state index is 9.58. The van der Waals surface area contributed by atoms with E-state index in [0.29, 0.717) is 0 Å². The minimum atomic E-state index is -1.60. The standard InChI is InChI=1S/C11H16NO2S/c1-9-4-2-3-5-10(9)12-6-7-15-11(13,14)8-12/h2,4-5,13-14H,3,6-8H2,1H3. The Morgan fingerprint density at radius 2 is 2.27 bits per heavy atom. The van der Waals surface area contributed by atoms with E-state index in [0.717, 1.165) is 24.4 Å². The predicted molar refractivity (Wildman–Crippen MR) is 62.0 cm³/mol. The molecule has 1 aliphatic carbocycles. The highest BCUT2D eigenvalue weighted by Crippen LogP contribution is 2.30. The number of thioether (sulfide) groups is 1. The maximum Gasteiger partial charge on any atom is 0.231 e. The first kappa shape index (κ1) is 11.0. The smallest absolute Gasteiger partial charge is 0.231 e. The molecule has 0 aromatic heterocycles. The summed E-state index contributed by atoms with van der Waals surface area (Å²) in [7, 11) is 0. The van der Waals surface area contributed by atoms with Crippen LogP contribution in [0.15, 0.2) is 23.4 Å². The summed E-state index contributed by atoms with van der Waals surface area (Å²) in [5, 5.41) is 17.6. The zero-order chi connectivity index (χ0) is 10.9. The van der Waals surface area contributed by atoms with Crippen LogP contribution in [0.1, 0.15) is 13.3 Å². The van der Waals surface area contributed by atoms with E-state index in [1.165, 1.54) is 17.3 Å². The highest BCUT2D eigenvalue weighted by Gasteiger charge is 2.32. The Balaban J connectivity index is 2.10. The van der Waals surface area contributed by atoms with Crippen LogP contribution in [0.2, 0.25) is 0 Å². The van der Waals surface area contributed by atoms with E-state index in [1.807, 2.05) is 0 Å². The third-order valence-electron chi connectivity index (χ3n) is 2.65. The molecule has 2 N–H and O–H groups in total. The van der Waals surface area contributed by atoms with Crippen molar-refractivity contribution in [1.29, 1.82) is 0 Å². The Hall–Kier alpha value is -0.450. The highest BCUT2D eigenvalue weighted by molar-refractivity contribution is 8.00. The fraction of sp³-hybridized carbons (Fsp3) is 0.545. The van der Waals surface area contributed by atoms with Gasteiger partial charge < -0.3 is 15.1 Å². The van der Waals surface area contributed by atoms with Crippen molar-refractivity contribution in [2.45, 2.75) is 18.5 Å². The molecule has 0 aromatic carbocycles. The molecular formula is C11H16NO2S. The van der Waals surface area contributed by atoms with Gasteiger partial charge in [-0.1, -0.05) is 23.9 Å². The molecule has 2 aliphatic rings.